The molecular formula is C9H9F5N2O. The number of nitrogens with one attached hydrogen (secondary N) is 1. The predicted octanol–water partition coefficient (Wildman–Crippen LogP) is 2.14. The summed E-state index contributed by atoms with van der Waals surface area (Å²) in [6.45, 7) is -2.38. The fourth-order valence-corrected chi connectivity index (χ4v) is 0.979. The molecule has 96 valence electrons. The van der Waals surface area contributed by atoms with E-state index in [1.165, 1.54) is 0 Å². The lowest BCUT2D eigenvalue weighted by Gasteiger charge is -2.15. The molecule has 0 spiro atoms. The highest BCUT2D eigenvalue weighted by Crippen LogP contribution is 2.30. The SMILES string of the molecule is OCC(F)(F)CNc1cc(C(F)(F)F)ccn1. The molecule has 1 aromatic heterocycles. The Morgan fingerprint density at radius 1 is 1.24 bits per heavy atom. The van der Waals surface area contributed by atoms with Gasteiger partial charge in [0.2, 0.25) is 0 Å². The van der Waals surface area contributed by atoms with Crippen molar-refractivity contribution < 1.29 is 27.1 Å². The fraction of sp³-hybridized carbons (Fsp3) is 0.444. The molecule has 1 rings (SSSR count). The van der Waals surface area contributed by atoms with Crippen LogP contribution in [0.3, 0.4) is 0 Å². The number of hydrogen-bond acceptors (Lipinski definition) is 3. The number of aromatic nitrogens is 1. The van der Waals surface area contributed by atoms with E-state index in [2.05, 4.69) is 4.98 Å². The number of rotatable bonds is 4. The summed E-state index contributed by atoms with van der Waals surface area (Å²) < 4.78 is 62.0. The lowest BCUT2D eigenvalue weighted by atomic mass is 10.2. The van der Waals surface area contributed by atoms with Gasteiger partial charge in [-0.15, -0.1) is 0 Å². The van der Waals surface area contributed by atoms with Crippen molar-refractivity contribution in [1.82, 2.24) is 4.98 Å². The summed E-state index contributed by atoms with van der Waals surface area (Å²) in [5, 5.41) is 10.3. The molecule has 8 heteroatoms. The average molecular weight is 256 g/mol. The Kier molecular flexibility index (Phi) is 3.87. The van der Waals surface area contributed by atoms with Gasteiger partial charge >= 0.3 is 6.18 Å². The van der Waals surface area contributed by atoms with Crippen molar-refractivity contribution in [3.8, 4) is 0 Å². The number of nitrogens with zero attached hydrogens (tertiary/aromatic N) is 1. The summed E-state index contributed by atoms with van der Waals surface area (Å²) in [5.41, 5.74) is -0.984. The standard InChI is InChI=1S/C9H9F5N2O/c10-8(11,5-17)4-16-7-3-6(1-2-15-7)9(12,13)14/h1-3,17H,4-5H2,(H,15,16). The number of aliphatic hydroxyl groups excluding tert-OH is 1. The van der Waals surface area contributed by atoms with Crippen LogP contribution in [0.1, 0.15) is 5.56 Å². The van der Waals surface area contributed by atoms with Crippen molar-refractivity contribution in [3.05, 3.63) is 23.9 Å². The molecule has 0 bridgehead atoms. The summed E-state index contributed by atoms with van der Waals surface area (Å²) in [5.74, 6) is -3.73. The van der Waals surface area contributed by atoms with Gasteiger partial charge in [-0.25, -0.2) is 13.8 Å². The van der Waals surface area contributed by atoms with Crippen LogP contribution >= 0.6 is 0 Å². The molecule has 0 aliphatic carbocycles. The van der Waals surface area contributed by atoms with Gasteiger partial charge in [-0.1, -0.05) is 0 Å². The number of anilines is 1. The van der Waals surface area contributed by atoms with E-state index in [1.54, 1.807) is 0 Å². The molecule has 0 amide bonds. The van der Waals surface area contributed by atoms with Gasteiger partial charge in [0.15, 0.2) is 0 Å². The number of alkyl halides is 5. The van der Waals surface area contributed by atoms with Crippen LogP contribution in [0.4, 0.5) is 27.8 Å². The second-order valence-electron chi connectivity index (χ2n) is 3.30. The van der Waals surface area contributed by atoms with Crippen molar-refractivity contribution in [1.29, 1.82) is 0 Å². The van der Waals surface area contributed by atoms with Crippen LogP contribution in [-0.2, 0) is 6.18 Å². The quantitative estimate of drug-likeness (QED) is 0.811. The topological polar surface area (TPSA) is 45.1 Å². The predicted molar refractivity (Wildman–Crippen MR) is 49.8 cm³/mol. The van der Waals surface area contributed by atoms with Crippen molar-refractivity contribution in [3.63, 3.8) is 0 Å². The Morgan fingerprint density at radius 3 is 2.41 bits per heavy atom. The van der Waals surface area contributed by atoms with Crippen LogP contribution in [0, 0.1) is 0 Å². The Hall–Kier alpha value is -1.44. The van der Waals surface area contributed by atoms with E-state index >= 15 is 0 Å². The van der Waals surface area contributed by atoms with Crippen LogP contribution in [0.5, 0.6) is 0 Å². The van der Waals surface area contributed by atoms with E-state index in [0.29, 0.717) is 6.07 Å². The zero-order valence-electron chi connectivity index (χ0n) is 8.43. The van der Waals surface area contributed by atoms with Gasteiger partial charge < -0.3 is 10.4 Å². The number of hydrogen-bond donors (Lipinski definition) is 2. The zero-order valence-corrected chi connectivity index (χ0v) is 8.43. The van der Waals surface area contributed by atoms with E-state index in [9.17, 15) is 22.0 Å². The Bertz CT molecular complexity index is 380. The molecule has 3 nitrogen and oxygen atoms in total. The zero-order chi connectivity index (χ0) is 13.1. The molecule has 0 aliphatic heterocycles. The van der Waals surface area contributed by atoms with Gasteiger partial charge in [0.1, 0.15) is 12.4 Å². The molecule has 0 atom stereocenters. The maximum Gasteiger partial charge on any atom is 0.416 e. The number of aliphatic hydroxyl groups is 1. The first-order valence-corrected chi connectivity index (χ1v) is 4.50. The van der Waals surface area contributed by atoms with Gasteiger partial charge in [0.05, 0.1) is 12.1 Å². The minimum atomic E-state index is -4.56. The van der Waals surface area contributed by atoms with E-state index in [4.69, 9.17) is 5.11 Å². The Balaban J connectivity index is 2.74. The smallest absolute Gasteiger partial charge is 0.390 e. The molecule has 0 unspecified atom stereocenters. The van der Waals surface area contributed by atoms with Crippen LogP contribution in [0.25, 0.3) is 0 Å². The van der Waals surface area contributed by atoms with E-state index in [0.717, 1.165) is 12.3 Å². The van der Waals surface area contributed by atoms with Crippen LogP contribution < -0.4 is 5.32 Å². The van der Waals surface area contributed by atoms with Gasteiger partial charge in [0.25, 0.3) is 5.92 Å². The van der Waals surface area contributed by atoms with Crippen LogP contribution in [-0.4, -0.2) is 29.2 Å². The maximum absolute atomic E-state index is 12.6. The lowest BCUT2D eigenvalue weighted by molar-refractivity contribution is -0.137. The van der Waals surface area contributed by atoms with Crippen LogP contribution in [0.15, 0.2) is 18.3 Å². The molecule has 0 aromatic carbocycles. The van der Waals surface area contributed by atoms with Crippen molar-refractivity contribution in [2.45, 2.75) is 12.1 Å². The Morgan fingerprint density at radius 2 is 1.88 bits per heavy atom. The highest BCUT2D eigenvalue weighted by atomic mass is 19.4. The van der Waals surface area contributed by atoms with Crippen molar-refractivity contribution in [2.75, 3.05) is 18.5 Å². The minimum absolute atomic E-state index is 0.326. The molecule has 0 aliphatic rings. The van der Waals surface area contributed by atoms with Crippen molar-refractivity contribution >= 4 is 5.82 Å². The van der Waals surface area contributed by atoms with Gasteiger partial charge in [0, 0.05) is 6.20 Å². The third-order valence-corrected chi connectivity index (χ3v) is 1.85. The minimum Gasteiger partial charge on any atom is -0.390 e. The fourth-order valence-electron chi connectivity index (χ4n) is 0.979. The summed E-state index contributed by atoms with van der Waals surface area (Å²) in [6, 6.07) is 1.35. The third-order valence-electron chi connectivity index (χ3n) is 1.85. The molecule has 0 saturated heterocycles. The van der Waals surface area contributed by atoms with Gasteiger partial charge in [-0.2, -0.15) is 13.2 Å². The first kappa shape index (κ1) is 13.6. The molecular weight excluding hydrogens is 247 g/mol. The first-order chi connectivity index (χ1) is 7.74. The highest BCUT2D eigenvalue weighted by Gasteiger charge is 2.31. The molecule has 1 aromatic rings. The molecule has 0 saturated carbocycles. The summed E-state index contributed by atoms with van der Waals surface area (Å²) in [4.78, 5) is 3.46. The molecule has 0 fully saturated rings. The summed E-state index contributed by atoms with van der Waals surface area (Å²) in [7, 11) is 0. The lowest BCUT2D eigenvalue weighted by Crippen LogP contribution is -2.31. The average Bonchev–Trinajstić information content (AvgIpc) is 2.26. The molecule has 0 radical (unpaired) electrons. The van der Waals surface area contributed by atoms with E-state index in [1.807, 2.05) is 5.32 Å². The second kappa shape index (κ2) is 4.82. The highest BCUT2D eigenvalue weighted by molar-refractivity contribution is 5.38. The number of pyridine rings is 1. The number of halogens is 5. The first-order valence-electron chi connectivity index (χ1n) is 4.50. The van der Waals surface area contributed by atoms with E-state index in [-0.39, 0.29) is 5.82 Å². The summed E-state index contributed by atoms with van der Waals surface area (Å²) >= 11 is 0. The molecule has 17 heavy (non-hydrogen) atoms. The van der Waals surface area contributed by atoms with E-state index < -0.39 is 30.8 Å². The maximum atomic E-state index is 12.6. The third kappa shape index (κ3) is 4.14. The van der Waals surface area contributed by atoms with Crippen LogP contribution in [0.2, 0.25) is 0 Å². The largest absolute Gasteiger partial charge is 0.416 e. The second-order valence-corrected chi connectivity index (χ2v) is 3.30. The van der Waals surface area contributed by atoms with Crippen molar-refractivity contribution in [2.24, 2.45) is 0 Å². The normalized spacial score (nSPS) is 12.6. The summed E-state index contributed by atoms with van der Waals surface area (Å²) in [6.07, 6.45) is -3.69. The molecule has 2 N–H and O–H groups in total. The van der Waals surface area contributed by atoms with Gasteiger partial charge in [-0.05, 0) is 12.1 Å². The van der Waals surface area contributed by atoms with Gasteiger partial charge in [-0.3, -0.25) is 0 Å². The Labute approximate surface area is 93.3 Å². The molecule has 1 heterocycles. The monoisotopic (exact) mass is 256 g/mol.